The summed E-state index contributed by atoms with van der Waals surface area (Å²) in [6.07, 6.45) is 6.81. The van der Waals surface area contributed by atoms with Crippen LogP contribution in [0.15, 0.2) is 48.8 Å². The number of aromatic nitrogens is 2. The van der Waals surface area contributed by atoms with Crippen LogP contribution >= 0.6 is 0 Å². The summed E-state index contributed by atoms with van der Waals surface area (Å²) < 4.78 is 19.4. The number of nitrogens with two attached hydrogens (primary N) is 1. The zero-order valence-electron chi connectivity index (χ0n) is 19.5. The smallest absolute Gasteiger partial charge is 0.213 e. The van der Waals surface area contributed by atoms with Crippen LogP contribution in [0.3, 0.4) is 0 Å². The van der Waals surface area contributed by atoms with E-state index in [0.29, 0.717) is 22.9 Å². The Kier molecular flexibility index (Phi) is 6.59. The van der Waals surface area contributed by atoms with E-state index in [0.717, 1.165) is 56.6 Å². The maximum Gasteiger partial charge on any atom is 0.213 e. The number of aliphatic hydroxyl groups excluding tert-OH is 1. The van der Waals surface area contributed by atoms with Gasteiger partial charge in [-0.2, -0.15) is 4.39 Å². The van der Waals surface area contributed by atoms with Gasteiger partial charge >= 0.3 is 0 Å². The summed E-state index contributed by atoms with van der Waals surface area (Å²) in [5.41, 5.74) is 12.1. The Morgan fingerprint density at radius 1 is 1.03 bits per heavy atom. The number of benzene rings is 1. The number of rotatable bonds is 5. The lowest BCUT2D eigenvalue weighted by molar-refractivity contribution is 0.00863. The summed E-state index contributed by atoms with van der Waals surface area (Å²) in [5.74, 6) is 0.253. The van der Waals surface area contributed by atoms with Crippen LogP contribution in [0.25, 0.3) is 22.3 Å². The predicted molar refractivity (Wildman–Crippen MR) is 130 cm³/mol. The van der Waals surface area contributed by atoms with Crippen molar-refractivity contribution in [3.63, 3.8) is 0 Å². The van der Waals surface area contributed by atoms with E-state index in [2.05, 4.69) is 33.1 Å². The van der Waals surface area contributed by atoms with Crippen molar-refractivity contribution < 1.29 is 14.2 Å². The van der Waals surface area contributed by atoms with Crippen molar-refractivity contribution in [2.75, 3.05) is 25.5 Å². The number of nitrogens with zero attached hydrogens (tertiary/aromatic N) is 3. The van der Waals surface area contributed by atoms with Crippen LogP contribution in [0, 0.1) is 5.95 Å². The van der Waals surface area contributed by atoms with Gasteiger partial charge in [-0.3, -0.25) is 4.90 Å². The molecule has 2 aliphatic heterocycles. The molecule has 0 aliphatic carbocycles. The first kappa shape index (κ1) is 22.9. The third kappa shape index (κ3) is 4.56. The summed E-state index contributed by atoms with van der Waals surface area (Å²) in [5, 5.41) is 10.4. The van der Waals surface area contributed by atoms with Gasteiger partial charge in [0.1, 0.15) is 12.0 Å². The fourth-order valence-corrected chi connectivity index (χ4v) is 5.43. The molecule has 34 heavy (non-hydrogen) atoms. The maximum absolute atomic E-state index is 13.8. The van der Waals surface area contributed by atoms with Crippen molar-refractivity contribution in [1.82, 2.24) is 14.9 Å². The molecular weight excluding hydrogens is 431 g/mol. The van der Waals surface area contributed by atoms with Gasteiger partial charge in [0.2, 0.25) is 5.95 Å². The Labute approximate surface area is 199 Å². The quantitative estimate of drug-likeness (QED) is 0.525. The second-order valence-electron chi connectivity index (χ2n) is 9.28. The van der Waals surface area contributed by atoms with Crippen LogP contribution in [0.2, 0.25) is 0 Å². The van der Waals surface area contributed by atoms with E-state index in [9.17, 15) is 9.50 Å². The van der Waals surface area contributed by atoms with Crippen LogP contribution in [-0.2, 0) is 4.74 Å². The second-order valence-corrected chi connectivity index (χ2v) is 9.28. The summed E-state index contributed by atoms with van der Waals surface area (Å²) in [6.45, 7) is 4.30. The highest BCUT2D eigenvalue weighted by molar-refractivity contribution is 5.79. The molecule has 3 aromatic rings. The molecule has 6 nitrogen and oxygen atoms in total. The second kappa shape index (κ2) is 9.78. The number of hydrogen-bond donors (Lipinski definition) is 2. The van der Waals surface area contributed by atoms with E-state index in [-0.39, 0.29) is 6.04 Å². The molecule has 4 heterocycles. The molecule has 0 saturated carbocycles. The molecule has 0 spiro atoms. The molecule has 5 rings (SSSR count). The zero-order chi connectivity index (χ0) is 23.7. The number of halogens is 1. The standard InChI is InChI=1S/C27H31FN4O2/c1-17(33)32-10-2-3-25(32)24-13-19(4-5-22(24)18-7-11-34-12-8-18)21-14-23(27(29)31-16-21)20-6-9-30-26(28)15-20/h4-6,9,13-18,25,33H,2-3,7-8,10-12H2,1H3,(H2,29,31). The van der Waals surface area contributed by atoms with Crippen LogP contribution in [0.1, 0.15) is 55.7 Å². The Morgan fingerprint density at radius 2 is 1.85 bits per heavy atom. The van der Waals surface area contributed by atoms with Gasteiger partial charge < -0.3 is 15.6 Å². The molecule has 2 aliphatic rings. The molecule has 2 atom stereocenters. The molecule has 178 valence electrons. The monoisotopic (exact) mass is 462 g/mol. The Balaban J connectivity index is 1.58. The topological polar surface area (TPSA) is 84.5 Å². The van der Waals surface area contributed by atoms with E-state index >= 15 is 0 Å². The van der Waals surface area contributed by atoms with E-state index < -0.39 is 12.2 Å². The maximum atomic E-state index is 13.8. The van der Waals surface area contributed by atoms with E-state index in [1.807, 2.05) is 13.0 Å². The molecule has 0 radical (unpaired) electrons. The highest BCUT2D eigenvalue weighted by atomic mass is 19.1. The van der Waals surface area contributed by atoms with Crippen molar-refractivity contribution in [2.45, 2.75) is 50.8 Å². The minimum absolute atomic E-state index is 0.174. The molecule has 2 fully saturated rings. The molecule has 0 amide bonds. The third-order valence-electron chi connectivity index (χ3n) is 7.17. The molecule has 2 unspecified atom stereocenters. The lowest BCUT2D eigenvalue weighted by Gasteiger charge is -2.32. The van der Waals surface area contributed by atoms with Crippen molar-refractivity contribution in [3.8, 4) is 22.3 Å². The molecular formula is C27H31FN4O2. The highest BCUT2D eigenvalue weighted by Gasteiger charge is 2.32. The van der Waals surface area contributed by atoms with Crippen molar-refractivity contribution in [3.05, 3.63) is 65.9 Å². The lowest BCUT2D eigenvalue weighted by Crippen LogP contribution is -2.33. The number of hydrogen-bond acceptors (Lipinski definition) is 6. The van der Waals surface area contributed by atoms with Crippen molar-refractivity contribution in [2.24, 2.45) is 0 Å². The zero-order valence-corrected chi connectivity index (χ0v) is 19.5. The molecule has 3 N–H and O–H groups in total. The Bertz CT molecular complexity index is 1160. The van der Waals surface area contributed by atoms with E-state index in [4.69, 9.17) is 10.5 Å². The minimum Gasteiger partial charge on any atom is -0.383 e. The van der Waals surface area contributed by atoms with Gasteiger partial charge in [-0.1, -0.05) is 12.1 Å². The van der Waals surface area contributed by atoms with E-state index in [1.165, 1.54) is 23.4 Å². The number of nitrogen functional groups attached to an aromatic ring is 1. The fourth-order valence-electron chi connectivity index (χ4n) is 5.43. The Morgan fingerprint density at radius 3 is 2.62 bits per heavy atom. The average molecular weight is 463 g/mol. The van der Waals surface area contributed by atoms with Crippen molar-refractivity contribution in [1.29, 1.82) is 0 Å². The van der Waals surface area contributed by atoms with Gasteiger partial charge in [-0.25, -0.2) is 9.97 Å². The predicted octanol–water partition coefficient (Wildman–Crippen LogP) is 4.90. The van der Waals surface area contributed by atoms with Crippen LogP contribution < -0.4 is 5.73 Å². The summed E-state index contributed by atoms with van der Waals surface area (Å²) in [6, 6.07) is 11.9. The first-order valence-electron chi connectivity index (χ1n) is 12.0. The van der Waals surface area contributed by atoms with Gasteiger partial charge in [0, 0.05) is 55.4 Å². The molecule has 1 aromatic carbocycles. The lowest BCUT2D eigenvalue weighted by atomic mass is 9.83. The molecule has 2 saturated heterocycles. The number of pyridine rings is 2. The van der Waals surface area contributed by atoms with Gasteiger partial charge in [-0.15, -0.1) is 0 Å². The minimum atomic E-state index is -0.551. The molecule has 7 heteroatoms. The third-order valence-corrected chi connectivity index (χ3v) is 7.17. The number of ether oxygens (including phenoxy) is 1. The van der Waals surface area contributed by atoms with Gasteiger partial charge in [0.25, 0.3) is 0 Å². The van der Waals surface area contributed by atoms with Gasteiger partial charge in [0.15, 0.2) is 0 Å². The fraction of sp³-hybridized carbons (Fsp3) is 0.407. The van der Waals surface area contributed by atoms with Crippen LogP contribution in [0.4, 0.5) is 10.2 Å². The first-order valence-corrected chi connectivity index (χ1v) is 12.0. The summed E-state index contributed by atoms with van der Waals surface area (Å²) in [4.78, 5) is 10.2. The summed E-state index contributed by atoms with van der Waals surface area (Å²) in [7, 11) is 0. The first-order chi connectivity index (χ1) is 16.5. The highest BCUT2D eigenvalue weighted by Crippen LogP contribution is 2.41. The number of aliphatic hydroxyl groups is 1. The summed E-state index contributed by atoms with van der Waals surface area (Å²) >= 11 is 0. The van der Waals surface area contributed by atoms with Crippen molar-refractivity contribution >= 4 is 5.82 Å². The Hall–Kier alpha value is -2.87. The largest absolute Gasteiger partial charge is 0.383 e. The number of likely N-dealkylation sites (tertiary alicyclic amines) is 1. The molecule has 0 bridgehead atoms. The van der Waals surface area contributed by atoms with Crippen LogP contribution in [0.5, 0.6) is 0 Å². The van der Waals surface area contributed by atoms with Gasteiger partial charge in [-0.05, 0) is 79.0 Å². The van der Waals surface area contributed by atoms with Crippen LogP contribution in [-0.4, -0.2) is 46.0 Å². The average Bonchev–Trinajstić information content (AvgIpc) is 3.35. The van der Waals surface area contributed by atoms with Gasteiger partial charge in [0.05, 0.1) is 0 Å². The number of anilines is 1. The van der Waals surface area contributed by atoms with E-state index in [1.54, 1.807) is 12.3 Å². The normalized spacial score (nSPS) is 20.5. The molecule has 2 aromatic heterocycles. The SMILES string of the molecule is CC(O)N1CCCC1c1cc(-c2cnc(N)c(-c3ccnc(F)c3)c2)ccc1C1CCOCC1.